The number of aryl methyl sites for hydroxylation is 1. The number of nitrogens with zero attached hydrogens (tertiary/aromatic N) is 3. The van der Waals surface area contributed by atoms with Gasteiger partial charge in [-0.05, 0) is 43.2 Å². The van der Waals surface area contributed by atoms with Crippen LogP contribution in [-0.4, -0.2) is 27.2 Å². The number of carbonyl (C=O) groups is 1. The molecule has 0 unspecified atom stereocenters. The van der Waals surface area contributed by atoms with E-state index >= 15 is 0 Å². The van der Waals surface area contributed by atoms with Crippen LogP contribution in [0.2, 0.25) is 0 Å². The molecule has 0 aliphatic rings. The number of carbonyl (C=O) groups excluding carboxylic acids is 1. The van der Waals surface area contributed by atoms with Gasteiger partial charge in [0.15, 0.2) is 11.5 Å². The summed E-state index contributed by atoms with van der Waals surface area (Å²) in [5.41, 5.74) is 1.89. The number of esters is 1. The van der Waals surface area contributed by atoms with Crippen LogP contribution in [0.1, 0.15) is 29.9 Å². The molecule has 0 atom stereocenters. The van der Waals surface area contributed by atoms with Crippen molar-refractivity contribution in [3.63, 3.8) is 0 Å². The first kappa shape index (κ1) is 15.1. The van der Waals surface area contributed by atoms with Crippen LogP contribution in [0.15, 0.2) is 36.5 Å². The lowest BCUT2D eigenvalue weighted by atomic mass is 10.1. The molecule has 0 saturated carbocycles. The molecule has 23 heavy (non-hydrogen) atoms. The number of benzene rings is 1. The van der Waals surface area contributed by atoms with Crippen LogP contribution in [0.3, 0.4) is 0 Å². The van der Waals surface area contributed by atoms with E-state index < -0.39 is 11.8 Å². The summed E-state index contributed by atoms with van der Waals surface area (Å²) < 4.78 is 20.7. The summed E-state index contributed by atoms with van der Waals surface area (Å²) >= 11 is 0. The third-order valence-corrected chi connectivity index (χ3v) is 3.54. The molecular weight excluding hydrogens is 297 g/mol. The number of hydrogen-bond donors (Lipinski definition) is 0. The zero-order chi connectivity index (χ0) is 16.4. The fourth-order valence-corrected chi connectivity index (χ4v) is 2.36. The highest BCUT2D eigenvalue weighted by molar-refractivity contribution is 5.95. The lowest BCUT2D eigenvalue weighted by molar-refractivity contribution is 0.0521. The molecule has 1 aromatic carbocycles. The molecular formula is C17H16FN3O2. The second kappa shape index (κ2) is 6.16. The Kier molecular flexibility index (Phi) is 4.06. The SMILES string of the molecule is CCOC(=O)c1nc(-c2cc(CC)ccc2F)nn2cccc12. The summed E-state index contributed by atoms with van der Waals surface area (Å²) in [6.07, 6.45) is 2.45. The molecule has 0 aliphatic carbocycles. The first-order valence-corrected chi connectivity index (χ1v) is 7.45. The highest BCUT2D eigenvalue weighted by Gasteiger charge is 2.18. The highest BCUT2D eigenvalue weighted by Crippen LogP contribution is 2.23. The minimum atomic E-state index is -0.549. The van der Waals surface area contributed by atoms with Gasteiger partial charge >= 0.3 is 5.97 Å². The van der Waals surface area contributed by atoms with Crippen molar-refractivity contribution >= 4 is 11.5 Å². The number of rotatable bonds is 4. The van der Waals surface area contributed by atoms with Gasteiger partial charge in [0.25, 0.3) is 0 Å². The van der Waals surface area contributed by atoms with Crippen molar-refractivity contribution < 1.29 is 13.9 Å². The lowest BCUT2D eigenvalue weighted by Crippen LogP contribution is -2.12. The molecule has 6 heteroatoms. The molecule has 0 N–H and O–H groups in total. The van der Waals surface area contributed by atoms with Gasteiger partial charge in [0.2, 0.25) is 0 Å². The van der Waals surface area contributed by atoms with E-state index in [-0.39, 0.29) is 23.7 Å². The minimum Gasteiger partial charge on any atom is -0.461 e. The Morgan fingerprint density at radius 1 is 1.30 bits per heavy atom. The van der Waals surface area contributed by atoms with Crippen molar-refractivity contribution in [2.45, 2.75) is 20.3 Å². The molecule has 0 fully saturated rings. The van der Waals surface area contributed by atoms with Crippen molar-refractivity contribution in [1.29, 1.82) is 0 Å². The van der Waals surface area contributed by atoms with Crippen LogP contribution in [-0.2, 0) is 11.2 Å². The number of ether oxygens (including phenoxy) is 1. The van der Waals surface area contributed by atoms with Gasteiger partial charge in [0.1, 0.15) is 5.82 Å². The summed E-state index contributed by atoms with van der Waals surface area (Å²) in [5, 5.41) is 4.30. The second-order valence-corrected chi connectivity index (χ2v) is 5.01. The number of aromatic nitrogens is 3. The van der Waals surface area contributed by atoms with E-state index in [9.17, 15) is 9.18 Å². The van der Waals surface area contributed by atoms with Crippen LogP contribution in [0, 0.1) is 5.82 Å². The Hall–Kier alpha value is -2.76. The van der Waals surface area contributed by atoms with E-state index in [2.05, 4.69) is 10.1 Å². The van der Waals surface area contributed by atoms with E-state index in [1.807, 2.05) is 6.92 Å². The fraction of sp³-hybridized carbons (Fsp3) is 0.235. The predicted octanol–water partition coefficient (Wildman–Crippen LogP) is 3.27. The number of fused-ring (bicyclic) bond motifs is 1. The van der Waals surface area contributed by atoms with E-state index in [1.165, 1.54) is 10.6 Å². The average molecular weight is 313 g/mol. The fourth-order valence-electron chi connectivity index (χ4n) is 2.36. The van der Waals surface area contributed by atoms with Gasteiger partial charge in [-0.25, -0.2) is 18.7 Å². The first-order chi connectivity index (χ1) is 11.1. The van der Waals surface area contributed by atoms with E-state index in [0.717, 1.165) is 12.0 Å². The third-order valence-electron chi connectivity index (χ3n) is 3.54. The minimum absolute atomic E-state index is 0.128. The Bertz CT molecular complexity index is 873. The molecule has 0 amide bonds. The van der Waals surface area contributed by atoms with Crippen LogP contribution in [0.5, 0.6) is 0 Å². The standard InChI is InChI=1S/C17H16FN3O2/c1-3-11-7-8-13(18)12(10-11)16-19-15(17(22)23-4-2)14-6-5-9-21(14)20-16/h5-10H,3-4H2,1-2H3. The molecule has 0 saturated heterocycles. The molecule has 5 nitrogen and oxygen atoms in total. The van der Waals surface area contributed by atoms with E-state index in [4.69, 9.17) is 4.74 Å². The molecule has 2 aromatic heterocycles. The predicted molar refractivity (Wildman–Crippen MR) is 83.7 cm³/mol. The van der Waals surface area contributed by atoms with Gasteiger partial charge < -0.3 is 4.74 Å². The summed E-state index contributed by atoms with van der Waals surface area (Å²) in [6.45, 7) is 3.95. The van der Waals surface area contributed by atoms with Crippen LogP contribution >= 0.6 is 0 Å². The highest BCUT2D eigenvalue weighted by atomic mass is 19.1. The van der Waals surface area contributed by atoms with Gasteiger partial charge in [-0.15, -0.1) is 5.10 Å². The van der Waals surface area contributed by atoms with Crippen molar-refractivity contribution in [3.05, 3.63) is 53.6 Å². The zero-order valence-corrected chi connectivity index (χ0v) is 12.9. The van der Waals surface area contributed by atoms with Gasteiger partial charge in [-0.2, -0.15) is 0 Å². The molecule has 0 aliphatic heterocycles. The number of hydrogen-bond acceptors (Lipinski definition) is 4. The molecule has 2 heterocycles. The maximum absolute atomic E-state index is 14.2. The van der Waals surface area contributed by atoms with E-state index in [0.29, 0.717) is 5.52 Å². The molecule has 3 aromatic rings. The molecule has 0 bridgehead atoms. The maximum Gasteiger partial charge on any atom is 0.359 e. The molecule has 0 radical (unpaired) electrons. The lowest BCUT2D eigenvalue weighted by Gasteiger charge is -2.08. The maximum atomic E-state index is 14.2. The topological polar surface area (TPSA) is 56.5 Å². The molecule has 118 valence electrons. The molecule has 3 rings (SSSR count). The van der Waals surface area contributed by atoms with Gasteiger partial charge in [0, 0.05) is 6.20 Å². The van der Waals surface area contributed by atoms with Crippen molar-refractivity contribution in [2.24, 2.45) is 0 Å². The van der Waals surface area contributed by atoms with Gasteiger partial charge in [0.05, 0.1) is 17.7 Å². The second-order valence-electron chi connectivity index (χ2n) is 5.01. The Morgan fingerprint density at radius 3 is 2.87 bits per heavy atom. The van der Waals surface area contributed by atoms with E-state index in [1.54, 1.807) is 37.4 Å². The average Bonchev–Trinajstić information content (AvgIpc) is 3.03. The Labute approximate surface area is 132 Å². The monoisotopic (exact) mass is 313 g/mol. The van der Waals surface area contributed by atoms with Crippen LogP contribution in [0.4, 0.5) is 4.39 Å². The Morgan fingerprint density at radius 2 is 2.13 bits per heavy atom. The summed E-state index contributed by atoms with van der Waals surface area (Å²) in [4.78, 5) is 16.4. The quantitative estimate of drug-likeness (QED) is 0.694. The largest absolute Gasteiger partial charge is 0.461 e. The van der Waals surface area contributed by atoms with Gasteiger partial charge in [-0.1, -0.05) is 13.0 Å². The Balaban J connectivity index is 2.20. The normalized spacial score (nSPS) is 10.9. The summed E-state index contributed by atoms with van der Waals surface area (Å²) in [5.74, 6) is -0.819. The summed E-state index contributed by atoms with van der Waals surface area (Å²) in [6, 6.07) is 8.28. The van der Waals surface area contributed by atoms with Crippen LogP contribution in [0.25, 0.3) is 16.9 Å². The summed E-state index contributed by atoms with van der Waals surface area (Å²) in [7, 11) is 0. The smallest absolute Gasteiger partial charge is 0.359 e. The third kappa shape index (κ3) is 2.79. The van der Waals surface area contributed by atoms with Crippen molar-refractivity contribution in [3.8, 4) is 11.4 Å². The van der Waals surface area contributed by atoms with Gasteiger partial charge in [-0.3, -0.25) is 0 Å². The van der Waals surface area contributed by atoms with Crippen molar-refractivity contribution in [1.82, 2.24) is 14.6 Å². The first-order valence-electron chi connectivity index (χ1n) is 7.45. The zero-order valence-electron chi connectivity index (χ0n) is 12.9. The molecule has 0 spiro atoms. The van der Waals surface area contributed by atoms with Crippen molar-refractivity contribution in [2.75, 3.05) is 6.61 Å². The van der Waals surface area contributed by atoms with Crippen LogP contribution < -0.4 is 0 Å². The number of halogens is 1.